The summed E-state index contributed by atoms with van der Waals surface area (Å²) in [7, 11) is 0. The zero-order valence-electron chi connectivity index (χ0n) is 28.9. The van der Waals surface area contributed by atoms with Gasteiger partial charge in [-0.1, -0.05) is 117 Å². The molecular formula is C49H33NO2. The first-order valence-corrected chi connectivity index (χ1v) is 17.9. The molecule has 52 heavy (non-hydrogen) atoms. The summed E-state index contributed by atoms with van der Waals surface area (Å²) in [6, 6.07) is 58.9. The van der Waals surface area contributed by atoms with Crippen LogP contribution in [-0.4, -0.2) is 0 Å². The summed E-state index contributed by atoms with van der Waals surface area (Å²) in [5.41, 5.74) is 14.5. The smallest absolute Gasteiger partial charge is 0.143 e. The third-order valence-corrected chi connectivity index (χ3v) is 11.3. The van der Waals surface area contributed by atoms with Crippen LogP contribution < -0.4 is 4.90 Å². The fourth-order valence-corrected chi connectivity index (χ4v) is 8.69. The van der Waals surface area contributed by atoms with Crippen LogP contribution >= 0.6 is 0 Å². The number of benzene rings is 8. The van der Waals surface area contributed by atoms with E-state index in [0.29, 0.717) is 0 Å². The monoisotopic (exact) mass is 667 g/mol. The van der Waals surface area contributed by atoms with Gasteiger partial charge in [0.2, 0.25) is 0 Å². The van der Waals surface area contributed by atoms with Crippen LogP contribution in [0.2, 0.25) is 0 Å². The van der Waals surface area contributed by atoms with E-state index in [1.54, 1.807) is 0 Å². The lowest BCUT2D eigenvalue weighted by Gasteiger charge is -2.29. The fraction of sp³-hybridized carbons (Fsp3) is 0.0612. The van der Waals surface area contributed by atoms with Gasteiger partial charge in [-0.3, -0.25) is 0 Å². The van der Waals surface area contributed by atoms with Crippen molar-refractivity contribution in [2.75, 3.05) is 4.90 Å². The van der Waals surface area contributed by atoms with Gasteiger partial charge in [0.15, 0.2) is 0 Å². The van der Waals surface area contributed by atoms with Crippen LogP contribution in [0, 0.1) is 0 Å². The molecule has 0 aliphatic heterocycles. The van der Waals surface area contributed by atoms with E-state index in [1.165, 1.54) is 27.6 Å². The van der Waals surface area contributed by atoms with Gasteiger partial charge in [-0.2, -0.15) is 0 Å². The van der Waals surface area contributed by atoms with E-state index < -0.39 is 0 Å². The number of para-hydroxylation sites is 2. The summed E-state index contributed by atoms with van der Waals surface area (Å²) in [5.74, 6) is 0. The Bertz CT molecular complexity index is 3050. The molecule has 3 heteroatoms. The number of hydrogen-bond donors (Lipinski definition) is 0. The highest BCUT2D eigenvalue weighted by molar-refractivity contribution is 6.15. The highest BCUT2D eigenvalue weighted by atomic mass is 16.3. The number of rotatable bonds is 4. The maximum atomic E-state index is 6.42. The summed E-state index contributed by atoms with van der Waals surface area (Å²) in [6.45, 7) is 4.68. The number of fused-ring (bicyclic) bond motifs is 11. The number of nitrogens with zero attached hydrogens (tertiary/aromatic N) is 1. The molecule has 0 N–H and O–H groups in total. The van der Waals surface area contributed by atoms with Gasteiger partial charge in [-0.15, -0.1) is 0 Å². The van der Waals surface area contributed by atoms with Crippen LogP contribution in [0.3, 0.4) is 0 Å². The average molecular weight is 668 g/mol. The summed E-state index contributed by atoms with van der Waals surface area (Å²) in [5, 5.41) is 6.81. The Balaban J connectivity index is 1.09. The van der Waals surface area contributed by atoms with Crippen LogP contribution in [0.25, 0.3) is 76.9 Å². The Hall–Kier alpha value is -6.58. The van der Waals surface area contributed by atoms with Gasteiger partial charge < -0.3 is 13.7 Å². The molecule has 0 amide bonds. The third-order valence-electron chi connectivity index (χ3n) is 11.3. The van der Waals surface area contributed by atoms with E-state index in [-0.39, 0.29) is 5.41 Å². The Labute approximate surface area is 301 Å². The van der Waals surface area contributed by atoms with Crippen molar-refractivity contribution in [3.63, 3.8) is 0 Å². The van der Waals surface area contributed by atoms with Gasteiger partial charge in [-0.25, -0.2) is 0 Å². The summed E-state index contributed by atoms with van der Waals surface area (Å²) < 4.78 is 12.7. The number of furan rings is 2. The summed E-state index contributed by atoms with van der Waals surface area (Å²) in [6.07, 6.45) is 0. The predicted molar refractivity (Wildman–Crippen MR) is 216 cm³/mol. The lowest BCUT2D eigenvalue weighted by atomic mass is 9.82. The molecule has 246 valence electrons. The molecule has 0 bridgehead atoms. The molecule has 1 aliphatic rings. The van der Waals surface area contributed by atoms with Crippen molar-refractivity contribution >= 4 is 71.7 Å². The van der Waals surface area contributed by atoms with Crippen LogP contribution in [-0.2, 0) is 5.41 Å². The first-order valence-electron chi connectivity index (χ1n) is 17.9. The van der Waals surface area contributed by atoms with Crippen molar-refractivity contribution < 1.29 is 8.83 Å². The standard InChI is InChI=1S/C49H33NO2/c1-49(2)41-13-6-3-12-38(41)47-42(49)14-9-15-43(47)50(34-25-27-46-40(29-34)36-11-5-7-16-44(36)51-46)33-23-20-30(21-24-33)32-19-18-31-22-26-37-35-10-4-8-17-45(35)52-48(37)39(31)28-32/h3-29H,1-2H3. The maximum Gasteiger partial charge on any atom is 0.143 e. The molecule has 0 saturated heterocycles. The van der Waals surface area contributed by atoms with Gasteiger partial charge in [0.1, 0.15) is 22.3 Å². The molecule has 10 aromatic rings. The summed E-state index contributed by atoms with van der Waals surface area (Å²) in [4.78, 5) is 2.42. The van der Waals surface area contributed by atoms with E-state index in [9.17, 15) is 0 Å². The molecule has 0 spiro atoms. The minimum absolute atomic E-state index is 0.108. The topological polar surface area (TPSA) is 29.5 Å². The van der Waals surface area contributed by atoms with E-state index in [2.05, 4.69) is 158 Å². The van der Waals surface area contributed by atoms with Gasteiger partial charge in [0.05, 0.1) is 5.69 Å². The molecule has 3 nitrogen and oxygen atoms in total. The first-order chi connectivity index (χ1) is 25.5. The van der Waals surface area contributed by atoms with E-state index >= 15 is 0 Å². The van der Waals surface area contributed by atoms with Gasteiger partial charge >= 0.3 is 0 Å². The molecule has 8 aromatic carbocycles. The molecule has 11 rings (SSSR count). The van der Waals surface area contributed by atoms with E-state index in [1.807, 2.05) is 24.3 Å². The minimum atomic E-state index is -0.108. The van der Waals surface area contributed by atoms with Gasteiger partial charge in [-0.05, 0) is 93.9 Å². The Kier molecular flexibility index (Phi) is 6.01. The second-order valence-electron chi connectivity index (χ2n) is 14.5. The zero-order valence-corrected chi connectivity index (χ0v) is 28.9. The maximum absolute atomic E-state index is 6.42. The molecule has 0 atom stereocenters. The lowest BCUT2D eigenvalue weighted by Crippen LogP contribution is -2.16. The Morgan fingerprint density at radius 2 is 1.10 bits per heavy atom. The van der Waals surface area contributed by atoms with Gasteiger partial charge in [0, 0.05) is 49.3 Å². The van der Waals surface area contributed by atoms with Gasteiger partial charge in [0.25, 0.3) is 0 Å². The third kappa shape index (κ3) is 4.14. The Morgan fingerprint density at radius 3 is 1.94 bits per heavy atom. The summed E-state index contributed by atoms with van der Waals surface area (Å²) >= 11 is 0. The fourth-order valence-electron chi connectivity index (χ4n) is 8.69. The molecular weight excluding hydrogens is 635 g/mol. The molecule has 0 saturated carbocycles. The first kappa shape index (κ1) is 29.2. The average Bonchev–Trinajstić information content (AvgIpc) is 3.83. The van der Waals surface area contributed by atoms with E-state index in [0.717, 1.165) is 77.5 Å². The molecule has 0 fully saturated rings. The second-order valence-corrected chi connectivity index (χ2v) is 14.5. The lowest BCUT2D eigenvalue weighted by molar-refractivity contribution is 0.660. The molecule has 2 heterocycles. The number of hydrogen-bond acceptors (Lipinski definition) is 3. The molecule has 1 aliphatic carbocycles. The Morgan fingerprint density at radius 1 is 0.442 bits per heavy atom. The molecule has 2 aromatic heterocycles. The minimum Gasteiger partial charge on any atom is -0.456 e. The van der Waals surface area contributed by atoms with Crippen molar-refractivity contribution in [2.24, 2.45) is 0 Å². The zero-order chi connectivity index (χ0) is 34.6. The van der Waals surface area contributed by atoms with Crippen LogP contribution in [0.1, 0.15) is 25.0 Å². The predicted octanol–water partition coefficient (Wildman–Crippen LogP) is 14.1. The highest BCUT2D eigenvalue weighted by Gasteiger charge is 2.37. The molecule has 0 unspecified atom stereocenters. The normalized spacial score (nSPS) is 13.3. The second kappa shape index (κ2) is 10.7. The van der Waals surface area contributed by atoms with Crippen LogP contribution in [0.15, 0.2) is 173 Å². The quantitative estimate of drug-likeness (QED) is 0.187. The molecule has 0 radical (unpaired) electrons. The van der Waals surface area contributed by atoms with Crippen molar-refractivity contribution in [3.05, 3.63) is 175 Å². The van der Waals surface area contributed by atoms with Crippen molar-refractivity contribution in [2.45, 2.75) is 19.3 Å². The van der Waals surface area contributed by atoms with Crippen molar-refractivity contribution in [3.8, 4) is 22.3 Å². The highest BCUT2D eigenvalue weighted by Crippen LogP contribution is 2.54. The van der Waals surface area contributed by atoms with Crippen LogP contribution in [0.4, 0.5) is 17.1 Å². The van der Waals surface area contributed by atoms with E-state index in [4.69, 9.17) is 8.83 Å². The van der Waals surface area contributed by atoms with Crippen LogP contribution in [0.5, 0.6) is 0 Å². The van der Waals surface area contributed by atoms with Crippen molar-refractivity contribution in [1.29, 1.82) is 0 Å². The largest absolute Gasteiger partial charge is 0.456 e. The SMILES string of the molecule is CC1(C)c2ccccc2-c2c(N(c3ccc(-c4ccc5ccc6c7ccccc7oc6c5c4)cc3)c3ccc4oc5ccccc5c4c3)cccc21. The number of anilines is 3. The van der Waals surface area contributed by atoms with Crippen molar-refractivity contribution in [1.82, 2.24) is 0 Å².